The molecular weight excluding hydrogens is 118 g/mol. The normalized spacial score (nSPS) is 24.3. The molecule has 0 bridgehead atoms. The van der Waals surface area contributed by atoms with Gasteiger partial charge in [-0.3, -0.25) is 0 Å². The molecule has 1 aromatic rings. The van der Waals surface area contributed by atoms with Crippen LogP contribution in [0.4, 0.5) is 0 Å². The fourth-order valence-electron chi connectivity index (χ4n) is 1.09. The van der Waals surface area contributed by atoms with E-state index in [0.29, 0.717) is 13.0 Å². The maximum atomic E-state index is 9.05. The summed E-state index contributed by atoms with van der Waals surface area (Å²) < 4.78 is 1.87. The maximum Gasteiger partial charge on any atom is 0.135 e. The first-order chi connectivity index (χ1) is 4.36. The van der Waals surface area contributed by atoms with E-state index in [1.807, 2.05) is 4.57 Å². The van der Waals surface area contributed by atoms with E-state index < -0.39 is 0 Å². The predicted molar refractivity (Wildman–Crippen MR) is 29.7 cm³/mol. The Morgan fingerprint density at radius 1 is 1.78 bits per heavy atom. The van der Waals surface area contributed by atoms with E-state index in [2.05, 4.69) is 10.2 Å². The van der Waals surface area contributed by atoms with Crippen LogP contribution in [0.25, 0.3) is 0 Å². The largest absolute Gasteiger partial charge is 0.391 e. The summed E-state index contributed by atoms with van der Waals surface area (Å²) in [4.78, 5) is 0. The van der Waals surface area contributed by atoms with Gasteiger partial charge in [-0.2, -0.15) is 0 Å². The fraction of sp³-hybridized carbons (Fsp3) is 0.600. The van der Waals surface area contributed by atoms with Crippen molar-refractivity contribution in [2.45, 2.75) is 19.1 Å². The second kappa shape index (κ2) is 1.54. The molecule has 0 aliphatic carbocycles. The van der Waals surface area contributed by atoms with Crippen molar-refractivity contribution in [2.75, 3.05) is 0 Å². The minimum absolute atomic E-state index is 0.240. The fourth-order valence-corrected chi connectivity index (χ4v) is 1.09. The second-order valence-electron chi connectivity index (χ2n) is 2.26. The summed E-state index contributed by atoms with van der Waals surface area (Å²) in [6.07, 6.45) is 2.06. The van der Waals surface area contributed by atoms with E-state index >= 15 is 0 Å². The molecule has 1 aliphatic heterocycles. The Balaban J connectivity index is 2.39. The molecule has 48 valence electrons. The molecule has 0 aromatic carbocycles. The Labute approximate surface area is 52.1 Å². The van der Waals surface area contributed by atoms with Gasteiger partial charge in [-0.1, -0.05) is 0 Å². The molecule has 1 aromatic heterocycles. The summed E-state index contributed by atoms with van der Waals surface area (Å²) in [6, 6.07) is 0. The number of aliphatic hydroxyl groups is 1. The minimum atomic E-state index is -0.240. The van der Waals surface area contributed by atoms with E-state index in [0.717, 1.165) is 5.82 Å². The maximum absolute atomic E-state index is 9.05. The van der Waals surface area contributed by atoms with Gasteiger partial charge in [-0.15, -0.1) is 10.2 Å². The molecule has 1 atom stereocenters. The molecule has 4 heteroatoms. The molecular formula is C5H7N3O. The minimum Gasteiger partial charge on any atom is -0.391 e. The third kappa shape index (κ3) is 0.632. The van der Waals surface area contributed by atoms with E-state index in [4.69, 9.17) is 5.11 Å². The van der Waals surface area contributed by atoms with Crippen LogP contribution < -0.4 is 0 Å². The van der Waals surface area contributed by atoms with Crippen LogP contribution in [0.3, 0.4) is 0 Å². The third-order valence-electron chi connectivity index (χ3n) is 1.52. The molecule has 0 fully saturated rings. The topological polar surface area (TPSA) is 50.9 Å². The zero-order chi connectivity index (χ0) is 6.27. The van der Waals surface area contributed by atoms with Gasteiger partial charge in [0.05, 0.1) is 12.6 Å². The van der Waals surface area contributed by atoms with Crippen LogP contribution in [0.1, 0.15) is 5.82 Å². The molecule has 0 amide bonds. The molecule has 0 saturated carbocycles. The smallest absolute Gasteiger partial charge is 0.135 e. The van der Waals surface area contributed by atoms with Crippen molar-refractivity contribution in [1.29, 1.82) is 0 Å². The average molecular weight is 125 g/mol. The molecule has 0 spiro atoms. The highest BCUT2D eigenvalue weighted by Crippen LogP contribution is 2.09. The zero-order valence-electron chi connectivity index (χ0n) is 4.86. The Kier molecular flexibility index (Phi) is 0.843. The molecule has 9 heavy (non-hydrogen) atoms. The Morgan fingerprint density at radius 2 is 2.67 bits per heavy atom. The van der Waals surface area contributed by atoms with Crippen LogP contribution in [0.5, 0.6) is 0 Å². The number of hydrogen-bond donors (Lipinski definition) is 1. The summed E-state index contributed by atoms with van der Waals surface area (Å²) in [5.74, 6) is 0.891. The summed E-state index contributed by atoms with van der Waals surface area (Å²) in [5, 5.41) is 16.5. The lowest BCUT2D eigenvalue weighted by Gasteiger charge is -1.94. The standard InChI is InChI=1S/C5H7N3O/c9-4-1-5-7-6-3-8(5)2-4/h3-4,9H,1-2H2. The molecule has 2 heterocycles. The van der Waals surface area contributed by atoms with E-state index in [1.54, 1.807) is 6.33 Å². The summed E-state index contributed by atoms with van der Waals surface area (Å²) in [5.41, 5.74) is 0. The predicted octanol–water partition coefficient (Wildman–Crippen LogP) is -0.805. The first-order valence-corrected chi connectivity index (χ1v) is 2.91. The summed E-state index contributed by atoms with van der Waals surface area (Å²) in [6.45, 7) is 0.655. The number of aromatic nitrogens is 3. The van der Waals surface area contributed by atoms with Crippen molar-refractivity contribution in [1.82, 2.24) is 14.8 Å². The van der Waals surface area contributed by atoms with Gasteiger partial charge >= 0.3 is 0 Å². The Bertz CT molecular complexity index is 199. The molecule has 1 aliphatic rings. The van der Waals surface area contributed by atoms with Crippen molar-refractivity contribution in [3.8, 4) is 0 Å². The number of aliphatic hydroxyl groups excluding tert-OH is 1. The lowest BCUT2D eigenvalue weighted by atomic mass is 10.3. The molecule has 2 rings (SSSR count). The highest BCUT2D eigenvalue weighted by molar-refractivity contribution is 4.94. The van der Waals surface area contributed by atoms with Gasteiger partial charge < -0.3 is 9.67 Å². The van der Waals surface area contributed by atoms with Crippen molar-refractivity contribution >= 4 is 0 Å². The second-order valence-corrected chi connectivity index (χ2v) is 2.26. The van der Waals surface area contributed by atoms with Crippen LogP contribution in [0.2, 0.25) is 0 Å². The number of rotatable bonds is 0. The van der Waals surface area contributed by atoms with Gasteiger partial charge in [-0.25, -0.2) is 0 Å². The van der Waals surface area contributed by atoms with Gasteiger partial charge in [0.2, 0.25) is 0 Å². The molecule has 4 nitrogen and oxygen atoms in total. The van der Waals surface area contributed by atoms with Crippen LogP contribution >= 0.6 is 0 Å². The van der Waals surface area contributed by atoms with Gasteiger partial charge in [0, 0.05) is 6.42 Å². The van der Waals surface area contributed by atoms with E-state index in [-0.39, 0.29) is 6.10 Å². The number of nitrogens with zero attached hydrogens (tertiary/aromatic N) is 3. The highest BCUT2D eigenvalue weighted by Gasteiger charge is 2.19. The van der Waals surface area contributed by atoms with Crippen LogP contribution in [-0.4, -0.2) is 26.0 Å². The molecule has 0 saturated heterocycles. The van der Waals surface area contributed by atoms with Gasteiger partial charge in [0.25, 0.3) is 0 Å². The van der Waals surface area contributed by atoms with E-state index in [1.165, 1.54) is 0 Å². The molecule has 0 radical (unpaired) electrons. The highest BCUT2D eigenvalue weighted by atomic mass is 16.3. The van der Waals surface area contributed by atoms with Gasteiger partial charge in [0.1, 0.15) is 12.2 Å². The zero-order valence-corrected chi connectivity index (χ0v) is 4.86. The first kappa shape index (κ1) is 4.93. The number of fused-ring (bicyclic) bond motifs is 1. The summed E-state index contributed by atoms with van der Waals surface area (Å²) >= 11 is 0. The average Bonchev–Trinajstić information content (AvgIpc) is 2.22. The van der Waals surface area contributed by atoms with Gasteiger partial charge in [0.15, 0.2) is 0 Å². The van der Waals surface area contributed by atoms with Crippen LogP contribution in [-0.2, 0) is 13.0 Å². The van der Waals surface area contributed by atoms with Crippen LogP contribution in [0, 0.1) is 0 Å². The SMILES string of the molecule is OC1Cc2nncn2C1. The first-order valence-electron chi connectivity index (χ1n) is 2.91. The van der Waals surface area contributed by atoms with Crippen LogP contribution in [0.15, 0.2) is 6.33 Å². The molecule has 1 N–H and O–H groups in total. The van der Waals surface area contributed by atoms with Gasteiger partial charge in [-0.05, 0) is 0 Å². The number of hydrogen-bond acceptors (Lipinski definition) is 3. The lowest BCUT2D eigenvalue weighted by molar-refractivity contribution is 0.175. The molecule has 1 unspecified atom stereocenters. The third-order valence-corrected chi connectivity index (χ3v) is 1.52. The van der Waals surface area contributed by atoms with E-state index in [9.17, 15) is 0 Å². The van der Waals surface area contributed by atoms with Crippen molar-refractivity contribution in [2.24, 2.45) is 0 Å². The van der Waals surface area contributed by atoms with Crippen molar-refractivity contribution in [3.05, 3.63) is 12.2 Å². The monoisotopic (exact) mass is 125 g/mol. The lowest BCUT2D eigenvalue weighted by Crippen LogP contribution is -2.06. The van der Waals surface area contributed by atoms with Crippen molar-refractivity contribution < 1.29 is 5.11 Å². The quantitative estimate of drug-likeness (QED) is 0.493. The Hall–Kier alpha value is -0.900. The Morgan fingerprint density at radius 3 is 3.44 bits per heavy atom. The van der Waals surface area contributed by atoms with Crippen molar-refractivity contribution in [3.63, 3.8) is 0 Å². The summed E-state index contributed by atoms with van der Waals surface area (Å²) in [7, 11) is 0.